The van der Waals surface area contributed by atoms with Gasteiger partial charge in [-0.3, -0.25) is 0 Å². The number of benzene rings is 2. The monoisotopic (exact) mass is 447 g/mol. The lowest BCUT2D eigenvalue weighted by Gasteiger charge is -2.45. The fourth-order valence-corrected chi connectivity index (χ4v) is 5.60. The molecular weight excluding hydrogens is 416 g/mol. The number of carboxylic acids is 1. The van der Waals surface area contributed by atoms with E-state index in [2.05, 4.69) is 55.5 Å². The van der Waals surface area contributed by atoms with E-state index < -0.39 is 23.5 Å². The minimum absolute atomic E-state index is 0.0823. The molecule has 1 heterocycles. The summed E-state index contributed by atoms with van der Waals surface area (Å²) in [7, 11) is 4.13. The van der Waals surface area contributed by atoms with Gasteiger partial charge in [0.15, 0.2) is 6.04 Å². The highest BCUT2D eigenvalue weighted by atomic mass is 16.5. The number of nitrogens with one attached hydrogen (secondary N) is 1. The molecule has 0 radical (unpaired) electrons. The predicted molar refractivity (Wildman–Crippen MR) is 127 cm³/mol. The van der Waals surface area contributed by atoms with Gasteiger partial charge in [-0.1, -0.05) is 54.5 Å². The molecule has 6 nitrogen and oxygen atoms in total. The fourth-order valence-electron chi connectivity index (χ4n) is 5.60. The van der Waals surface area contributed by atoms with Crippen molar-refractivity contribution in [2.75, 3.05) is 33.8 Å². The molecule has 2 aromatic carbocycles. The number of alkyl carbamates (subject to hydrolysis) is 1. The number of fused-ring (bicyclic) bond motifs is 3. The highest BCUT2D eigenvalue weighted by Crippen LogP contribution is 2.44. The SMILES string of the molecule is CC#C[C@]1([C@H](NC(=O)OCC2c3ccccc3-c3ccccc32)C(=O)O)CCC[N+](C)(C)C1. The molecule has 2 N–H and O–H groups in total. The molecule has 33 heavy (non-hydrogen) atoms. The highest BCUT2D eigenvalue weighted by Gasteiger charge is 2.50. The molecule has 1 aliphatic carbocycles. The summed E-state index contributed by atoms with van der Waals surface area (Å²) in [4.78, 5) is 25.1. The van der Waals surface area contributed by atoms with Gasteiger partial charge in [-0.2, -0.15) is 0 Å². The third-order valence-corrected chi connectivity index (χ3v) is 6.88. The molecule has 1 amide bonds. The summed E-state index contributed by atoms with van der Waals surface area (Å²) in [5, 5.41) is 12.7. The van der Waals surface area contributed by atoms with Crippen molar-refractivity contribution < 1.29 is 23.9 Å². The number of quaternary nitrogens is 1. The third kappa shape index (κ3) is 4.46. The van der Waals surface area contributed by atoms with Gasteiger partial charge >= 0.3 is 12.1 Å². The zero-order valence-corrected chi connectivity index (χ0v) is 19.4. The van der Waals surface area contributed by atoms with E-state index in [1.165, 1.54) is 0 Å². The standard InChI is InChI=1S/C27H30N2O4/c1-4-14-27(15-9-16-29(2,3)18-27)24(25(30)31)28-26(32)33-17-23-21-12-7-5-10-19(21)20-11-6-8-13-22(20)23/h5-8,10-13,23-24H,9,15-18H2,1-3H3,(H-,28,30,31,32)/p+1/t24-,27+/m1/s1. The van der Waals surface area contributed by atoms with E-state index in [1.807, 2.05) is 24.3 Å². The van der Waals surface area contributed by atoms with Gasteiger partial charge in [0.2, 0.25) is 0 Å². The minimum Gasteiger partial charge on any atom is -0.480 e. The van der Waals surface area contributed by atoms with Crippen LogP contribution in [0.4, 0.5) is 4.79 Å². The second-order valence-electron chi connectivity index (χ2n) is 9.69. The summed E-state index contributed by atoms with van der Waals surface area (Å²) in [5.74, 6) is 4.88. The molecule has 2 aliphatic rings. The second kappa shape index (κ2) is 8.92. The number of carbonyl (C=O) groups excluding carboxylic acids is 1. The van der Waals surface area contributed by atoms with Crippen LogP contribution in [0.5, 0.6) is 0 Å². The molecule has 6 heteroatoms. The van der Waals surface area contributed by atoms with Crippen molar-refractivity contribution in [2.45, 2.75) is 31.7 Å². The number of rotatable bonds is 5. The van der Waals surface area contributed by atoms with E-state index in [0.29, 0.717) is 17.4 Å². The molecule has 172 valence electrons. The van der Waals surface area contributed by atoms with Crippen LogP contribution in [0.3, 0.4) is 0 Å². The lowest BCUT2D eigenvalue weighted by atomic mass is 9.73. The Hall–Kier alpha value is -3.30. The zero-order valence-electron chi connectivity index (χ0n) is 19.4. The van der Waals surface area contributed by atoms with Crippen LogP contribution in [0.1, 0.15) is 36.8 Å². The predicted octanol–water partition coefficient (Wildman–Crippen LogP) is 3.86. The molecule has 0 aromatic heterocycles. The topological polar surface area (TPSA) is 75.6 Å². The largest absolute Gasteiger partial charge is 0.480 e. The average molecular weight is 448 g/mol. The van der Waals surface area contributed by atoms with Crippen LogP contribution in [-0.2, 0) is 9.53 Å². The molecule has 0 saturated carbocycles. The van der Waals surface area contributed by atoms with Crippen LogP contribution in [0.15, 0.2) is 48.5 Å². The van der Waals surface area contributed by atoms with Crippen molar-refractivity contribution >= 4 is 12.1 Å². The Labute approximate surface area is 195 Å². The van der Waals surface area contributed by atoms with Crippen LogP contribution < -0.4 is 5.32 Å². The number of likely N-dealkylation sites (tertiary alicyclic amines) is 1. The van der Waals surface area contributed by atoms with E-state index in [0.717, 1.165) is 35.2 Å². The van der Waals surface area contributed by atoms with Crippen molar-refractivity contribution in [2.24, 2.45) is 5.41 Å². The van der Waals surface area contributed by atoms with Gasteiger partial charge in [0, 0.05) is 5.92 Å². The van der Waals surface area contributed by atoms with Crippen LogP contribution >= 0.6 is 0 Å². The maximum Gasteiger partial charge on any atom is 0.407 e. The number of hydrogen-bond donors (Lipinski definition) is 2. The summed E-state index contributed by atoms with van der Waals surface area (Å²) in [6.45, 7) is 3.35. The van der Waals surface area contributed by atoms with E-state index in [1.54, 1.807) is 6.92 Å². The first kappa shape index (κ1) is 22.9. The zero-order chi connectivity index (χ0) is 23.6. The maximum atomic E-state index is 12.8. The number of piperidine rings is 1. The van der Waals surface area contributed by atoms with Crippen molar-refractivity contribution in [1.82, 2.24) is 5.32 Å². The number of ether oxygens (including phenoxy) is 1. The lowest BCUT2D eigenvalue weighted by molar-refractivity contribution is -0.901. The quantitative estimate of drug-likeness (QED) is 0.539. The van der Waals surface area contributed by atoms with Crippen LogP contribution in [-0.4, -0.2) is 61.5 Å². The van der Waals surface area contributed by atoms with Crippen molar-refractivity contribution in [1.29, 1.82) is 0 Å². The Kier molecular flexibility index (Phi) is 6.18. The summed E-state index contributed by atoms with van der Waals surface area (Å²) >= 11 is 0. The van der Waals surface area contributed by atoms with Crippen LogP contribution in [0.25, 0.3) is 11.1 Å². The first-order valence-corrected chi connectivity index (χ1v) is 11.4. The highest BCUT2D eigenvalue weighted by molar-refractivity contribution is 5.82. The van der Waals surface area contributed by atoms with E-state index in [4.69, 9.17) is 4.74 Å². The van der Waals surface area contributed by atoms with Gasteiger partial charge in [-0.25, -0.2) is 9.59 Å². The van der Waals surface area contributed by atoms with Crippen molar-refractivity contribution in [3.05, 3.63) is 59.7 Å². The van der Waals surface area contributed by atoms with E-state index in [9.17, 15) is 14.7 Å². The molecule has 1 saturated heterocycles. The molecule has 2 aromatic rings. The molecule has 1 aliphatic heterocycles. The molecule has 4 rings (SSSR count). The second-order valence-corrected chi connectivity index (χ2v) is 9.69. The molecule has 0 bridgehead atoms. The Bertz CT molecular complexity index is 1080. The summed E-state index contributed by atoms with van der Waals surface area (Å²) in [6.07, 6.45) is 0.742. The molecule has 1 fully saturated rings. The first-order valence-electron chi connectivity index (χ1n) is 11.4. The van der Waals surface area contributed by atoms with Crippen LogP contribution in [0.2, 0.25) is 0 Å². The number of carbonyl (C=O) groups is 2. The Morgan fingerprint density at radius 1 is 1.15 bits per heavy atom. The van der Waals surface area contributed by atoms with Gasteiger partial charge in [-0.05, 0) is 42.0 Å². The van der Waals surface area contributed by atoms with E-state index >= 15 is 0 Å². The summed E-state index contributed by atoms with van der Waals surface area (Å²) in [6, 6.07) is 15.1. The molecule has 0 spiro atoms. The smallest absolute Gasteiger partial charge is 0.407 e. The number of carboxylic acid groups (broad SMARTS) is 1. The average Bonchev–Trinajstić information content (AvgIpc) is 3.09. The number of amides is 1. The number of hydrogen-bond acceptors (Lipinski definition) is 3. The molecule has 2 atom stereocenters. The minimum atomic E-state index is -1.14. The maximum absolute atomic E-state index is 12.8. The van der Waals surface area contributed by atoms with Gasteiger partial charge < -0.3 is 19.6 Å². The normalized spacial score (nSPS) is 21.7. The van der Waals surface area contributed by atoms with Gasteiger partial charge in [0.1, 0.15) is 12.0 Å². The van der Waals surface area contributed by atoms with Crippen molar-refractivity contribution in [3.63, 3.8) is 0 Å². The summed E-state index contributed by atoms with van der Waals surface area (Å²) < 4.78 is 6.28. The van der Waals surface area contributed by atoms with E-state index in [-0.39, 0.29) is 12.5 Å². The van der Waals surface area contributed by atoms with Crippen LogP contribution in [0, 0.1) is 17.3 Å². The lowest BCUT2D eigenvalue weighted by Crippen LogP contribution is -2.62. The Balaban J connectivity index is 1.52. The Morgan fingerprint density at radius 2 is 1.76 bits per heavy atom. The van der Waals surface area contributed by atoms with Gasteiger partial charge in [0.25, 0.3) is 0 Å². The molecular formula is C27H31N2O4+. The molecule has 0 unspecified atom stereocenters. The third-order valence-electron chi connectivity index (χ3n) is 6.88. The van der Waals surface area contributed by atoms with Gasteiger partial charge in [-0.15, -0.1) is 5.92 Å². The van der Waals surface area contributed by atoms with Crippen molar-refractivity contribution in [3.8, 4) is 23.0 Å². The number of nitrogens with zero attached hydrogens (tertiary/aromatic N) is 1. The Morgan fingerprint density at radius 3 is 2.30 bits per heavy atom. The fraction of sp³-hybridized carbons (Fsp3) is 0.407. The first-order chi connectivity index (χ1) is 15.8. The number of aliphatic carboxylic acids is 1. The summed E-state index contributed by atoms with van der Waals surface area (Å²) in [5.41, 5.74) is 3.67. The van der Waals surface area contributed by atoms with Gasteiger partial charge in [0.05, 0.1) is 27.2 Å².